The number of amides is 1. The number of unbranched alkanes of at least 4 members (excludes halogenated alkanes) is 1. The SMILES string of the molecule is CCCCN(CC)CCCNC(=O)c1ccc(-n2c(-c3ccccc3)cc3c2CCCC3)cc1. The number of hydrogen-bond donors (Lipinski definition) is 1. The second-order valence-corrected chi connectivity index (χ2v) is 9.35. The van der Waals surface area contributed by atoms with Crippen LogP contribution in [0.3, 0.4) is 0 Å². The highest BCUT2D eigenvalue weighted by Gasteiger charge is 2.20. The van der Waals surface area contributed by atoms with E-state index in [1.807, 2.05) is 12.1 Å². The second kappa shape index (κ2) is 12.0. The summed E-state index contributed by atoms with van der Waals surface area (Å²) in [6, 6.07) is 21.1. The fraction of sp³-hybridized carbons (Fsp3) is 0.433. The second-order valence-electron chi connectivity index (χ2n) is 9.35. The van der Waals surface area contributed by atoms with Crippen LogP contribution in [0.1, 0.15) is 67.6 Å². The molecule has 0 fully saturated rings. The third-order valence-corrected chi connectivity index (χ3v) is 6.97. The van der Waals surface area contributed by atoms with E-state index in [0.717, 1.165) is 50.1 Å². The molecule has 1 aliphatic carbocycles. The van der Waals surface area contributed by atoms with E-state index >= 15 is 0 Å². The molecule has 0 saturated heterocycles. The molecule has 2 aromatic carbocycles. The molecule has 1 aromatic heterocycles. The normalized spacial score (nSPS) is 13.1. The van der Waals surface area contributed by atoms with E-state index in [4.69, 9.17) is 0 Å². The predicted octanol–water partition coefficient (Wildman–Crippen LogP) is 6.27. The maximum atomic E-state index is 12.7. The van der Waals surface area contributed by atoms with Crippen LogP contribution in [0.25, 0.3) is 16.9 Å². The van der Waals surface area contributed by atoms with E-state index in [0.29, 0.717) is 6.54 Å². The number of aryl methyl sites for hydroxylation is 1. The van der Waals surface area contributed by atoms with Crippen molar-refractivity contribution in [1.29, 1.82) is 0 Å². The van der Waals surface area contributed by atoms with Gasteiger partial charge in [-0.05, 0) is 99.6 Å². The van der Waals surface area contributed by atoms with E-state index in [9.17, 15) is 4.79 Å². The molecule has 0 bridgehead atoms. The molecule has 0 unspecified atom stereocenters. The van der Waals surface area contributed by atoms with Crippen LogP contribution in [-0.4, -0.2) is 41.6 Å². The van der Waals surface area contributed by atoms with Crippen molar-refractivity contribution < 1.29 is 4.79 Å². The Labute approximate surface area is 205 Å². The summed E-state index contributed by atoms with van der Waals surface area (Å²) in [6.07, 6.45) is 8.20. The summed E-state index contributed by atoms with van der Waals surface area (Å²) in [7, 11) is 0. The molecule has 4 nitrogen and oxygen atoms in total. The Bertz CT molecular complexity index is 1050. The smallest absolute Gasteiger partial charge is 0.251 e. The minimum atomic E-state index is 0.0148. The van der Waals surface area contributed by atoms with Gasteiger partial charge in [0.25, 0.3) is 5.91 Å². The Morgan fingerprint density at radius 1 is 0.941 bits per heavy atom. The van der Waals surface area contributed by atoms with E-state index in [-0.39, 0.29) is 5.91 Å². The number of carbonyl (C=O) groups excluding carboxylic acids is 1. The Kier molecular flexibility index (Phi) is 8.59. The lowest BCUT2D eigenvalue weighted by Gasteiger charge is -2.20. The van der Waals surface area contributed by atoms with Crippen LogP contribution >= 0.6 is 0 Å². The lowest BCUT2D eigenvalue weighted by atomic mass is 9.98. The molecule has 0 aliphatic heterocycles. The molecule has 1 N–H and O–H groups in total. The first-order chi connectivity index (χ1) is 16.7. The van der Waals surface area contributed by atoms with E-state index in [1.165, 1.54) is 48.2 Å². The van der Waals surface area contributed by atoms with Crippen LogP contribution in [0, 0.1) is 0 Å². The molecule has 4 rings (SSSR count). The largest absolute Gasteiger partial charge is 0.352 e. The standard InChI is InChI=1S/C30H39N3O/c1-3-5-21-32(4-2)22-11-20-31-30(34)25-16-18-27(19-17-25)33-28-15-10-9-14-26(28)23-29(33)24-12-7-6-8-13-24/h6-8,12-13,16-19,23H,3-5,9-11,14-15,20-22H2,1-2H3,(H,31,34). The Morgan fingerprint density at radius 3 is 2.41 bits per heavy atom. The first-order valence-electron chi connectivity index (χ1n) is 13.1. The molecule has 0 spiro atoms. The Hall–Kier alpha value is -2.85. The van der Waals surface area contributed by atoms with E-state index in [2.05, 4.69) is 77.2 Å². The molecule has 34 heavy (non-hydrogen) atoms. The minimum Gasteiger partial charge on any atom is -0.352 e. The van der Waals surface area contributed by atoms with Crippen molar-refractivity contribution in [3.8, 4) is 16.9 Å². The van der Waals surface area contributed by atoms with Gasteiger partial charge in [-0.1, -0.05) is 50.6 Å². The number of nitrogens with one attached hydrogen (secondary N) is 1. The molecule has 4 heteroatoms. The molecule has 1 aliphatic rings. The fourth-order valence-electron chi connectivity index (χ4n) is 4.99. The van der Waals surface area contributed by atoms with Gasteiger partial charge in [-0.3, -0.25) is 4.79 Å². The number of carbonyl (C=O) groups is 1. The quantitative estimate of drug-likeness (QED) is 0.345. The molecular weight excluding hydrogens is 418 g/mol. The van der Waals surface area contributed by atoms with Gasteiger partial charge in [0.1, 0.15) is 0 Å². The van der Waals surface area contributed by atoms with E-state index in [1.54, 1.807) is 0 Å². The number of hydrogen-bond acceptors (Lipinski definition) is 2. The van der Waals surface area contributed by atoms with Crippen LogP contribution in [0.5, 0.6) is 0 Å². The van der Waals surface area contributed by atoms with Crippen LogP contribution in [0.15, 0.2) is 60.7 Å². The zero-order chi connectivity index (χ0) is 23.8. The first-order valence-corrected chi connectivity index (χ1v) is 13.1. The van der Waals surface area contributed by atoms with Crippen LogP contribution < -0.4 is 5.32 Å². The van der Waals surface area contributed by atoms with Gasteiger partial charge in [0, 0.05) is 23.5 Å². The van der Waals surface area contributed by atoms with Gasteiger partial charge in [-0.2, -0.15) is 0 Å². The minimum absolute atomic E-state index is 0.0148. The fourth-order valence-corrected chi connectivity index (χ4v) is 4.99. The number of fused-ring (bicyclic) bond motifs is 1. The maximum Gasteiger partial charge on any atom is 0.251 e. The Morgan fingerprint density at radius 2 is 1.68 bits per heavy atom. The van der Waals surface area contributed by atoms with Crippen molar-refractivity contribution in [3.05, 3.63) is 77.5 Å². The van der Waals surface area contributed by atoms with Gasteiger partial charge in [-0.25, -0.2) is 0 Å². The highest BCUT2D eigenvalue weighted by Crippen LogP contribution is 2.33. The molecule has 0 saturated carbocycles. The highest BCUT2D eigenvalue weighted by molar-refractivity contribution is 5.94. The summed E-state index contributed by atoms with van der Waals surface area (Å²) in [4.78, 5) is 15.2. The van der Waals surface area contributed by atoms with Crippen molar-refractivity contribution in [2.75, 3.05) is 26.2 Å². The van der Waals surface area contributed by atoms with Crippen molar-refractivity contribution in [2.45, 2.75) is 58.8 Å². The average molecular weight is 458 g/mol. The van der Waals surface area contributed by atoms with E-state index < -0.39 is 0 Å². The Balaban J connectivity index is 1.44. The van der Waals surface area contributed by atoms with Gasteiger partial charge >= 0.3 is 0 Å². The van der Waals surface area contributed by atoms with Crippen molar-refractivity contribution >= 4 is 5.91 Å². The van der Waals surface area contributed by atoms with Crippen molar-refractivity contribution in [3.63, 3.8) is 0 Å². The van der Waals surface area contributed by atoms with Crippen molar-refractivity contribution in [1.82, 2.24) is 14.8 Å². The molecule has 1 amide bonds. The van der Waals surface area contributed by atoms with Gasteiger partial charge in [0.05, 0.1) is 5.69 Å². The summed E-state index contributed by atoms with van der Waals surface area (Å²) < 4.78 is 2.40. The molecular formula is C30H39N3O. The number of benzene rings is 2. The number of rotatable bonds is 11. The van der Waals surface area contributed by atoms with Crippen LogP contribution in [-0.2, 0) is 12.8 Å². The average Bonchev–Trinajstić information content (AvgIpc) is 3.28. The summed E-state index contributed by atoms with van der Waals surface area (Å²) in [5.74, 6) is 0.0148. The third-order valence-electron chi connectivity index (χ3n) is 6.97. The summed E-state index contributed by atoms with van der Waals surface area (Å²) in [5, 5.41) is 3.10. The molecule has 3 aromatic rings. The van der Waals surface area contributed by atoms with Crippen LogP contribution in [0.2, 0.25) is 0 Å². The maximum absolute atomic E-state index is 12.7. The zero-order valence-electron chi connectivity index (χ0n) is 20.9. The van der Waals surface area contributed by atoms with Gasteiger partial charge in [0.2, 0.25) is 0 Å². The number of aromatic nitrogens is 1. The lowest BCUT2D eigenvalue weighted by Crippen LogP contribution is -2.30. The summed E-state index contributed by atoms with van der Waals surface area (Å²) in [5.41, 5.74) is 7.22. The first kappa shape index (κ1) is 24.3. The molecule has 180 valence electrons. The number of nitrogens with zero attached hydrogens (tertiary/aromatic N) is 2. The van der Waals surface area contributed by atoms with Crippen molar-refractivity contribution in [2.24, 2.45) is 0 Å². The topological polar surface area (TPSA) is 37.3 Å². The molecule has 1 heterocycles. The highest BCUT2D eigenvalue weighted by atomic mass is 16.1. The summed E-state index contributed by atoms with van der Waals surface area (Å²) >= 11 is 0. The lowest BCUT2D eigenvalue weighted by molar-refractivity contribution is 0.0951. The monoisotopic (exact) mass is 457 g/mol. The molecule has 0 atom stereocenters. The third kappa shape index (κ3) is 5.79. The van der Waals surface area contributed by atoms with Gasteiger partial charge in [-0.15, -0.1) is 0 Å². The predicted molar refractivity (Wildman–Crippen MR) is 142 cm³/mol. The van der Waals surface area contributed by atoms with Gasteiger partial charge < -0.3 is 14.8 Å². The molecule has 0 radical (unpaired) electrons. The van der Waals surface area contributed by atoms with Crippen LogP contribution in [0.4, 0.5) is 0 Å². The van der Waals surface area contributed by atoms with Gasteiger partial charge in [0.15, 0.2) is 0 Å². The summed E-state index contributed by atoms with van der Waals surface area (Å²) in [6.45, 7) is 8.41. The zero-order valence-corrected chi connectivity index (χ0v) is 20.9.